The maximum Gasteiger partial charge on any atom is 2.00 e. The predicted octanol–water partition coefficient (Wildman–Crippen LogP) is 0.739. The van der Waals surface area contributed by atoms with E-state index in [-0.39, 0.29) is 17.1 Å². The molecule has 0 atom stereocenters. The van der Waals surface area contributed by atoms with Crippen molar-refractivity contribution in [3.05, 3.63) is 25.7 Å². The zero-order chi connectivity index (χ0) is 9.98. The van der Waals surface area contributed by atoms with E-state index in [0.29, 0.717) is 0 Å². The van der Waals surface area contributed by atoms with Gasteiger partial charge in [0, 0.05) is 0 Å². The Morgan fingerprint density at radius 1 is 0.846 bits per heavy atom. The minimum Gasteiger partial charge on any atom is -0.539 e. The van der Waals surface area contributed by atoms with E-state index in [4.69, 9.17) is 0 Å². The van der Waals surface area contributed by atoms with Crippen molar-refractivity contribution in [2.24, 2.45) is 0 Å². The molecule has 0 bridgehead atoms. The van der Waals surface area contributed by atoms with Crippen LogP contribution < -0.4 is 0 Å². The van der Waals surface area contributed by atoms with Crippen molar-refractivity contribution in [1.82, 2.24) is 0 Å². The maximum absolute atomic E-state index is 9.31. The molecule has 0 aromatic rings. The van der Waals surface area contributed by atoms with Crippen molar-refractivity contribution in [1.29, 1.82) is 0 Å². The van der Waals surface area contributed by atoms with E-state index in [2.05, 4.69) is 21.5 Å². The van der Waals surface area contributed by atoms with Crippen LogP contribution in [-0.4, -0.2) is 0 Å². The molecule has 0 aliphatic carbocycles. The Morgan fingerprint density at radius 3 is 1.08 bits per heavy atom. The van der Waals surface area contributed by atoms with Gasteiger partial charge in [-0.15, -0.1) is 0 Å². The summed E-state index contributed by atoms with van der Waals surface area (Å²) >= 11 is 0. The minimum atomic E-state index is -2.43. The third kappa shape index (κ3) is 34.3. The Bertz CT molecular complexity index is 224. The molecule has 0 aromatic heterocycles. The van der Waals surface area contributed by atoms with Crippen LogP contribution >= 0.6 is 0 Å². The molecule has 0 aromatic carbocycles. The number of hydrogen-bond donors (Lipinski definition) is 0. The molecule has 0 aliphatic heterocycles. The standard InChI is InChI=1S/2C2H3O3S.Cu/c2*1-2-5-6(3)4;/h2*2H,1H2;/q2*-1;+2. The van der Waals surface area contributed by atoms with Crippen LogP contribution in [0.5, 0.6) is 0 Å². The molecule has 9 heteroatoms. The molecule has 0 aliphatic rings. The van der Waals surface area contributed by atoms with Crippen molar-refractivity contribution < 1.29 is 42.3 Å². The Kier molecular flexibility index (Phi) is 19.8. The number of hydrogen-bond acceptors (Lipinski definition) is 8. The van der Waals surface area contributed by atoms with Gasteiger partial charge in [0.15, 0.2) is 0 Å². The first-order valence-electron chi connectivity index (χ1n) is 2.29. The van der Waals surface area contributed by atoms with Crippen LogP contribution in [0.3, 0.4) is 0 Å². The van der Waals surface area contributed by atoms with Gasteiger partial charge in [-0.05, 0) is 0 Å². The molecule has 0 heterocycles. The molecule has 6 nitrogen and oxygen atoms in total. The molecule has 0 unspecified atom stereocenters. The summed E-state index contributed by atoms with van der Waals surface area (Å²) < 4.78 is 44.7. The normalized spacial score (nSPS) is 7.54. The summed E-state index contributed by atoms with van der Waals surface area (Å²) in [5.74, 6) is 0. The quantitative estimate of drug-likeness (QED) is 0.428. The van der Waals surface area contributed by atoms with Gasteiger partial charge >= 0.3 is 17.1 Å². The van der Waals surface area contributed by atoms with E-state index in [1.54, 1.807) is 0 Å². The topological polar surface area (TPSA) is 86.7 Å². The summed E-state index contributed by atoms with van der Waals surface area (Å²) in [6.45, 7) is 5.97. The Labute approximate surface area is 90.0 Å². The van der Waals surface area contributed by atoms with Crippen LogP contribution in [-0.2, 0) is 64.2 Å². The molecule has 0 fully saturated rings. The van der Waals surface area contributed by atoms with Crippen LogP contribution in [0.25, 0.3) is 0 Å². The summed E-state index contributed by atoms with van der Waals surface area (Å²) in [7, 11) is -4.87. The second-order valence-electron chi connectivity index (χ2n) is 0.934. The second kappa shape index (κ2) is 14.0. The van der Waals surface area contributed by atoms with Gasteiger partial charge in [0.2, 0.25) is 0 Å². The van der Waals surface area contributed by atoms with Gasteiger partial charge in [-0.3, -0.25) is 0 Å². The Morgan fingerprint density at radius 2 is 1.08 bits per heavy atom. The second-order valence-corrected chi connectivity index (χ2v) is 2.14. The van der Waals surface area contributed by atoms with Gasteiger partial charge in [0.1, 0.15) is 22.0 Å². The Balaban J connectivity index is -0.000000143. The van der Waals surface area contributed by atoms with E-state index in [1.165, 1.54) is 0 Å². The summed E-state index contributed by atoms with van der Waals surface area (Å²) in [6, 6.07) is 0. The van der Waals surface area contributed by atoms with Crippen molar-refractivity contribution in [3.63, 3.8) is 0 Å². The zero-order valence-corrected chi connectivity index (χ0v) is 8.71. The fraction of sp³-hybridized carbons (Fsp3) is 0. The molecular weight excluding hydrogens is 272 g/mol. The molecular formula is C4H6CuO6S2. The molecule has 0 saturated carbocycles. The monoisotopic (exact) mass is 277 g/mol. The SMILES string of the molecule is C=CO[S-](=O)=O.C=CO[S-](=O)=O.[Cu+2]. The average molecular weight is 278 g/mol. The van der Waals surface area contributed by atoms with Gasteiger partial charge in [0.05, 0.1) is 12.5 Å². The molecule has 13 heavy (non-hydrogen) atoms. The maximum atomic E-state index is 9.31. The van der Waals surface area contributed by atoms with Crippen molar-refractivity contribution in [3.8, 4) is 0 Å². The molecule has 0 rings (SSSR count). The molecule has 0 amide bonds. The molecule has 1 radical (unpaired) electrons. The van der Waals surface area contributed by atoms with Gasteiger partial charge in [0.25, 0.3) is 0 Å². The zero-order valence-electron chi connectivity index (χ0n) is 6.14. The van der Waals surface area contributed by atoms with Crippen molar-refractivity contribution >= 4 is 22.0 Å². The van der Waals surface area contributed by atoms with Crippen LogP contribution in [0.1, 0.15) is 0 Å². The third-order valence-electron chi connectivity index (χ3n) is 0.293. The fourth-order valence-corrected chi connectivity index (χ4v) is 0.333. The molecule has 0 N–H and O–H groups in total. The van der Waals surface area contributed by atoms with Gasteiger partial charge in [-0.25, -0.2) is 0 Å². The van der Waals surface area contributed by atoms with Gasteiger partial charge < -0.3 is 25.2 Å². The predicted molar refractivity (Wildman–Crippen MR) is 40.0 cm³/mol. The van der Waals surface area contributed by atoms with Crippen LogP contribution in [0.15, 0.2) is 25.7 Å². The summed E-state index contributed by atoms with van der Waals surface area (Å²) in [5.41, 5.74) is 0. The van der Waals surface area contributed by atoms with E-state index in [1.807, 2.05) is 0 Å². The third-order valence-corrected chi connectivity index (χ3v) is 0.880. The van der Waals surface area contributed by atoms with Crippen molar-refractivity contribution in [2.75, 3.05) is 0 Å². The summed E-state index contributed by atoms with van der Waals surface area (Å²) in [4.78, 5) is 0. The van der Waals surface area contributed by atoms with Gasteiger partial charge in [-0.1, -0.05) is 13.2 Å². The Hall–Kier alpha value is -0.501. The molecule has 0 spiro atoms. The van der Waals surface area contributed by atoms with Gasteiger partial charge in [-0.2, -0.15) is 0 Å². The summed E-state index contributed by atoms with van der Waals surface area (Å²) in [5, 5.41) is 0. The molecule has 0 saturated heterocycles. The molecule has 81 valence electrons. The average Bonchev–Trinajstić information content (AvgIpc) is 1.87. The largest absolute Gasteiger partial charge is 2.00 e. The first-order valence-corrected chi connectivity index (χ1v) is 4.29. The van der Waals surface area contributed by atoms with E-state index < -0.39 is 22.0 Å². The smallest absolute Gasteiger partial charge is 0.539 e. The van der Waals surface area contributed by atoms with Crippen LogP contribution in [0.2, 0.25) is 0 Å². The minimum absolute atomic E-state index is 0. The summed E-state index contributed by atoms with van der Waals surface area (Å²) in [6.07, 6.45) is 1.67. The van der Waals surface area contributed by atoms with Crippen LogP contribution in [0, 0.1) is 0 Å². The van der Waals surface area contributed by atoms with Crippen LogP contribution in [0.4, 0.5) is 0 Å². The number of rotatable bonds is 4. The van der Waals surface area contributed by atoms with E-state index in [0.717, 1.165) is 12.5 Å². The van der Waals surface area contributed by atoms with Crippen molar-refractivity contribution in [2.45, 2.75) is 0 Å². The first kappa shape index (κ1) is 18.3. The van der Waals surface area contributed by atoms with E-state index in [9.17, 15) is 16.8 Å². The first-order chi connectivity index (χ1) is 5.54. The van der Waals surface area contributed by atoms with E-state index >= 15 is 0 Å². The fourth-order valence-electron chi connectivity index (χ4n) is 0.111.